The van der Waals surface area contributed by atoms with Gasteiger partial charge in [0.2, 0.25) is 0 Å². The van der Waals surface area contributed by atoms with E-state index in [0.29, 0.717) is 17.7 Å². The second-order valence-corrected chi connectivity index (χ2v) is 7.02. The summed E-state index contributed by atoms with van der Waals surface area (Å²) in [6.07, 6.45) is 5.06. The standard InChI is InChI=1S/C10H11Cl3N2O/c11-10(12,13)9-14-8(15-16-9)7-4-5-1-2-6(7)3-5/h5-7H,1-4H2. The molecule has 0 spiro atoms. The van der Waals surface area contributed by atoms with Crippen LogP contribution in [-0.4, -0.2) is 10.1 Å². The number of aromatic nitrogens is 2. The summed E-state index contributed by atoms with van der Waals surface area (Å²) in [5.74, 6) is 2.74. The fraction of sp³-hybridized carbons (Fsp3) is 0.800. The topological polar surface area (TPSA) is 38.9 Å². The molecule has 2 aliphatic rings. The first kappa shape index (κ1) is 11.1. The van der Waals surface area contributed by atoms with E-state index in [9.17, 15) is 0 Å². The molecule has 0 N–H and O–H groups in total. The normalized spacial score (nSPS) is 33.6. The van der Waals surface area contributed by atoms with Crippen LogP contribution in [0.4, 0.5) is 0 Å². The number of fused-ring (bicyclic) bond motifs is 2. The second-order valence-electron chi connectivity index (χ2n) is 4.74. The number of nitrogens with zero attached hydrogens (tertiary/aromatic N) is 2. The largest absolute Gasteiger partial charge is 0.335 e. The minimum atomic E-state index is -1.61. The van der Waals surface area contributed by atoms with Crippen molar-refractivity contribution in [2.45, 2.75) is 35.4 Å². The van der Waals surface area contributed by atoms with Gasteiger partial charge < -0.3 is 4.52 Å². The van der Waals surface area contributed by atoms with Gasteiger partial charge in [-0.3, -0.25) is 0 Å². The van der Waals surface area contributed by atoms with Crippen LogP contribution in [0.1, 0.15) is 43.3 Å². The van der Waals surface area contributed by atoms with Gasteiger partial charge in [-0.2, -0.15) is 4.98 Å². The zero-order valence-electron chi connectivity index (χ0n) is 8.50. The molecule has 0 aromatic carbocycles. The molecule has 1 aromatic heterocycles. The molecule has 88 valence electrons. The van der Waals surface area contributed by atoms with Crippen molar-refractivity contribution in [1.82, 2.24) is 10.1 Å². The predicted molar refractivity (Wildman–Crippen MR) is 61.7 cm³/mol. The fourth-order valence-electron chi connectivity index (χ4n) is 3.06. The van der Waals surface area contributed by atoms with E-state index >= 15 is 0 Å². The lowest BCUT2D eigenvalue weighted by Gasteiger charge is -2.17. The third-order valence-corrected chi connectivity index (χ3v) is 4.24. The first-order valence-electron chi connectivity index (χ1n) is 5.45. The Morgan fingerprint density at radius 2 is 2.00 bits per heavy atom. The van der Waals surface area contributed by atoms with Crippen LogP contribution in [0.2, 0.25) is 0 Å². The summed E-state index contributed by atoms with van der Waals surface area (Å²) in [4.78, 5) is 4.21. The highest BCUT2D eigenvalue weighted by molar-refractivity contribution is 6.66. The van der Waals surface area contributed by atoms with Gasteiger partial charge in [0.1, 0.15) is 0 Å². The number of hydrogen-bond donors (Lipinski definition) is 0. The van der Waals surface area contributed by atoms with Gasteiger partial charge in [-0.25, -0.2) is 0 Å². The maximum absolute atomic E-state index is 5.69. The van der Waals surface area contributed by atoms with E-state index < -0.39 is 3.79 Å². The molecule has 0 aliphatic heterocycles. The zero-order chi connectivity index (χ0) is 11.3. The van der Waals surface area contributed by atoms with Crippen molar-refractivity contribution < 1.29 is 4.52 Å². The Morgan fingerprint density at radius 3 is 2.50 bits per heavy atom. The molecule has 3 rings (SSSR count). The highest BCUT2D eigenvalue weighted by atomic mass is 35.6. The molecular weight excluding hydrogens is 270 g/mol. The van der Waals surface area contributed by atoms with Crippen LogP contribution in [-0.2, 0) is 3.79 Å². The molecule has 0 saturated heterocycles. The van der Waals surface area contributed by atoms with Crippen molar-refractivity contribution >= 4 is 34.8 Å². The lowest BCUT2D eigenvalue weighted by Crippen LogP contribution is -2.10. The van der Waals surface area contributed by atoms with E-state index in [-0.39, 0.29) is 5.89 Å². The average Bonchev–Trinajstić information content (AvgIpc) is 2.92. The van der Waals surface area contributed by atoms with E-state index in [2.05, 4.69) is 10.1 Å². The second kappa shape index (κ2) is 3.76. The molecule has 0 radical (unpaired) electrons. The van der Waals surface area contributed by atoms with Crippen LogP contribution in [0.5, 0.6) is 0 Å². The Hall–Kier alpha value is 0.01000. The van der Waals surface area contributed by atoms with Gasteiger partial charge in [0, 0.05) is 5.92 Å². The van der Waals surface area contributed by atoms with Crippen LogP contribution in [0.25, 0.3) is 0 Å². The van der Waals surface area contributed by atoms with E-state index in [1.165, 1.54) is 19.3 Å². The molecule has 6 heteroatoms. The van der Waals surface area contributed by atoms with Gasteiger partial charge in [0.05, 0.1) is 0 Å². The third-order valence-electron chi connectivity index (χ3n) is 3.75. The number of alkyl halides is 3. The average molecular weight is 282 g/mol. The minimum Gasteiger partial charge on any atom is -0.335 e. The summed E-state index contributed by atoms with van der Waals surface area (Å²) in [7, 11) is 0. The Kier molecular flexibility index (Phi) is 2.61. The van der Waals surface area contributed by atoms with Gasteiger partial charge in [-0.15, -0.1) is 0 Å². The van der Waals surface area contributed by atoms with Gasteiger partial charge in [-0.1, -0.05) is 46.4 Å². The van der Waals surface area contributed by atoms with E-state index in [1.807, 2.05) is 0 Å². The van der Waals surface area contributed by atoms with E-state index in [4.69, 9.17) is 39.3 Å². The molecule has 2 saturated carbocycles. The molecule has 16 heavy (non-hydrogen) atoms. The maximum Gasteiger partial charge on any atom is 0.278 e. The van der Waals surface area contributed by atoms with E-state index in [1.54, 1.807) is 0 Å². The molecule has 2 aliphatic carbocycles. The summed E-state index contributed by atoms with van der Waals surface area (Å²) in [5, 5.41) is 3.94. The molecule has 0 amide bonds. The zero-order valence-corrected chi connectivity index (χ0v) is 10.8. The summed E-state index contributed by atoms with van der Waals surface area (Å²) < 4.78 is 3.38. The van der Waals surface area contributed by atoms with Crippen molar-refractivity contribution in [2.75, 3.05) is 0 Å². The SMILES string of the molecule is ClC(Cl)(Cl)c1nc(C2CC3CCC2C3)no1. The molecular formula is C10H11Cl3N2O. The Morgan fingerprint density at radius 1 is 1.19 bits per heavy atom. The minimum absolute atomic E-state index is 0.0790. The Bertz CT molecular complexity index is 401. The van der Waals surface area contributed by atoms with Crippen molar-refractivity contribution in [3.8, 4) is 0 Å². The summed E-state index contributed by atoms with van der Waals surface area (Å²) in [6.45, 7) is 0. The van der Waals surface area contributed by atoms with Crippen molar-refractivity contribution in [2.24, 2.45) is 11.8 Å². The van der Waals surface area contributed by atoms with Crippen molar-refractivity contribution in [1.29, 1.82) is 0 Å². The molecule has 3 nitrogen and oxygen atoms in total. The Labute approximate surface area is 108 Å². The molecule has 3 atom stereocenters. The fourth-order valence-corrected chi connectivity index (χ4v) is 3.29. The lowest BCUT2D eigenvalue weighted by atomic mass is 9.88. The smallest absolute Gasteiger partial charge is 0.278 e. The van der Waals surface area contributed by atoms with E-state index in [0.717, 1.165) is 12.3 Å². The van der Waals surface area contributed by atoms with Gasteiger partial charge in [0.15, 0.2) is 5.82 Å². The van der Waals surface area contributed by atoms with Gasteiger partial charge in [0.25, 0.3) is 9.68 Å². The third kappa shape index (κ3) is 1.83. The first-order chi connectivity index (χ1) is 7.54. The number of hydrogen-bond acceptors (Lipinski definition) is 3. The predicted octanol–water partition coefficient (Wildman–Crippen LogP) is 3.80. The van der Waals surface area contributed by atoms with Crippen LogP contribution in [0, 0.1) is 11.8 Å². The quantitative estimate of drug-likeness (QED) is 0.735. The summed E-state index contributed by atoms with van der Waals surface area (Å²) in [6, 6.07) is 0. The van der Waals surface area contributed by atoms with Crippen LogP contribution in [0.3, 0.4) is 0 Å². The maximum atomic E-state index is 5.69. The van der Waals surface area contributed by atoms with Crippen LogP contribution < -0.4 is 0 Å². The van der Waals surface area contributed by atoms with Crippen molar-refractivity contribution in [3.05, 3.63) is 11.7 Å². The molecule has 2 bridgehead atoms. The molecule has 2 fully saturated rings. The summed E-state index contributed by atoms with van der Waals surface area (Å²) in [5.41, 5.74) is 0. The molecule has 3 unspecified atom stereocenters. The Balaban J connectivity index is 1.83. The van der Waals surface area contributed by atoms with Gasteiger partial charge in [-0.05, 0) is 31.1 Å². The monoisotopic (exact) mass is 280 g/mol. The number of halogens is 3. The number of rotatable bonds is 1. The summed E-state index contributed by atoms with van der Waals surface area (Å²) >= 11 is 17.1. The highest BCUT2D eigenvalue weighted by Crippen LogP contribution is 2.52. The molecule has 1 aromatic rings. The van der Waals surface area contributed by atoms with Crippen LogP contribution >= 0.6 is 34.8 Å². The lowest BCUT2D eigenvalue weighted by molar-refractivity contribution is 0.353. The van der Waals surface area contributed by atoms with Crippen molar-refractivity contribution in [3.63, 3.8) is 0 Å². The first-order valence-corrected chi connectivity index (χ1v) is 6.58. The molecule has 1 heterocycles. The van der Waals surface area contributed by atoms with Gasteiger partial charge >= 0.3 is 0 Å². The van der Waals surface area contributed by atoms with Crippen LogP contribution in [0.15, 0.2) is 4.52 Å². The highest BCUT2D eigenvalue weighted by Gasteiger charge is 2.43.